The highest BCUT2D eigenvalue weighted by molar-refractivity contribution is 5.67. The van der Waals surface area contributed by atoms with Crippen molar-refractivity contribution in [1.29, 1.82) is 0 Å². The Balaban J connectivity index is 2.54. The highest BCUT2D eigenvalue weighted by Gasteiger charge is 2.13. The molecule has 106 valence electrons. The number of methoxy groups -OCH3 is 2. The molecule has 0 amide bonds. The van der Waals surface area contributed by atoms with Gasteiger partial charge < -0.3 is 9.47 Å². The fourth-order valence-corrected chi connectivity index (χ4v) is 1.97. The molecule has 0 N–H and O–H groups in total. The normalized spacial score (nSPS) is 12.2. The Morgan fingerprint density at radius 1 is 1.15 bits per heavy atom. The molecule has 0 spiro atoms. The van der Waals surface area contributed by atoms with Crippen molar-refractivity contribution in [2.45, 2.75) is 20.0 Å². The van der Waals surface area contributed by atoms with Crippen molar-refractivity contribution >= 4 is 0 Å². The van der Waals surface area contributed by atoms with Gasteiger partial charge in [-0.3, -0.25) is 0 Å². The van der Waals surface area contributed by atoms with Crippen molar-refractivity contribution in [2.75, 3.05) is 14.2 Å². The van der Waals surface area contributed by atoms with Crippen LogP contribution in [-0.4, -0.2) is 19.2 Å². The van der Waals surface area contributed by atoms with Crippen LogP contribution in [0.1, 0.15) is 24.3 Å². The Bertz CT molecular complexity index is 613. The quantitative estimate of drug-likeness (QED) is 0.847. The van der Waals surface area contributed by atoms with Crippen LogP contribution in [-0.2, 0) is 4.74 Å². The summed E-state index contributed by atoms with van der Waals surface area (Å²) in [6.07, 6.45) is -0.110. The zero-order valence-corrected chi connectivity index (χ0v) is 12.1. The van der Waals surface area contributed by atoms with E-state index in [1.165, 1.54) is 6.07 Å². The predicted octanol–water partition coefficient (Wildman–Crippen LogP) is 3.91. The van der Waals surface area contributed by atoms with Gasteiger partial charge in [0.1, 0.15) is 17.3 Å². The number of nitrogens with zero attached hydrogens (tertiary/aromatic N) is 1. The summed E-state index contributed by atoms with van der Waals surface area (Å²) in [6, 6.07) is 8.63. The highest BCUT2D eigenvalue weighted by Crippen LogP contribution is 2.31. The van der Waals surface area contributed by atoms with Crippen molar-refractivity contribution in [1.82, 2.24) is 4.98 Å². The molecule has 2 aromatic rings. The minimum absolute atomic E-state index is 0.110. The second-order valence-corrected chi connectivity index (χ2v) is 4.63. The fourth-order valence-electron chi connectivity index (χ4n) is 1.97. The molecule has 1 heterocycles. The predicted molar refractivity (Wildman–Crippen MR) is 76.3 cm³/mol. The monoisotopic (exact) mass is 275 g/mol. The van der Waals surface area contributed by atoms with Gasteiger partial charge in [-0.25, -0.2) is 9.37 Å². The summed E-state index contributed by atoms with van der Waals surface area (Å²) >= 11 is 0. The maximum atomic E-state index is 13.4. The Labute approximate surface area is 118 Å². The van der Waals surface area contributed by atoms with Gasteiger partial charge in [0.15, 0.2) is 0 Å². The topological polar surface area (TPSA) is 31.4 Å². The van der Waals surface area contributed by atoms with Gasteiger partial charge >= 0.3 is 0 Å². The largest absolute Gasteiger partial charge is 0.494 e. The molecule has 2 rings (SSSR count). The fraction of sp³-hybridized carbons (Fsp3) is 0.312. The van der Waals surface area contributed by atoms with E-state index in [9.17, 15) is 4.39 Å². The maximum absolute atomic E-state index is 13.4. The molecule has 0 fully saturated rings. The summed E-state index contributed by atoms with van der Waals surface area (Å²) in [5.41, 5.74) is 2.91. The van der Waals surface area contributed by atoms with Crippen LogP contribution in [0.5, 0.6) is 5.75 Å². The van der Waals surface area contributed by atoms with Crippen LogP contribution in [0.25, 0.3) is 11.3 Å². The first-order valence-corrected chi connectivity index (χ1v) is 6.41. The van der Waals surface area contributed by atoms with Crippen molar-refractivity contribution in [3.8, 4) is 17.0 Å². The molecule has 0 radical (unpaired) electrons. The van der Waals surface area contributed by atoms with Gasteiger partial charge in [0, 0.05) is 12.7 Å². The molecule has 0 aliphatic rings. The molecule has 4 heteroatoms. The second-order valence-electron chi connectivity index (χ2n) is 4.63. The number of hydrogen-bond acceptors (Lipinski definition) is 3. The minimum atomic E-state index is -0.228. The average molecular weight is 275 g/mol. The molecular formula is C16H18FNO2. The lowest BCUT2D eigenvalue weighted by Crippen LogP contribution is -2.02. The molecule has 0 saturated carbocycles. The molecule has 0 aliphatic carbocycles. The van der Waals surface area contributed by atoms with E-state index in [-0.39, 0.29) is 11.9 Å². The molecule has 0 aliphatic heterocycles. The summed E-state index contributed by atoms with van der Waals surface area (Å²) < 4.78 is 24.0. The van der Waals surface area contributed by atoms with Gasteiger partial charge in [0.05, 0.1) is 18.9 Å². The molecule has 3 nitrogen and oxygen atoms in total. The van der Waals surface area contributed by atoms with Crippen molar-refractivity contribution in [3.05, 3.63) is 47.4 Å². The number of aromatic nitrogens is 1. The first-order chi connectivity index (χ1) is 9.56. The van der Waals surface area contributed by atoms with E-state index >= 15 is 0 Å². The Hall–Kier alpha value is -1.94. The van der Waals surface area contributed by atoms with Crippen LogP contribution in [0.2, 0.25) is 0 Å². The molecule has 20 heavy (non-hydrogen) atoms. The number of aryl methyl sites for hydroxylation is 1. The Kier molecular flexibility index (Phi) is 4.35. The van der Waals surface area contributed by atoms with Crippen molar-refractivity contribution in [3.63, 3.8) is 0 Å². The molecule has 0 bridgehead atoms. The molecular weight excluding hydrogens is 257 g/mol. The van der Waals surface area contributed by atoms with E-state index in [1.807, 2.05) is 19.1 Å². The van der Waals surface area contributed by atoms with Crippen LogP contribution in [0.15, 0.2) is 30.3 Å². The van der Waals surface area contributed by atoms with Crippen LogP contribution in [0.3, 0.4) is 0 Å². The van der Waals surface area contributed by atoms with Gasteiger partial charge in [0.2, 0.25) is 0 Å². The first kappa shape index (κ1) is 14.5. The van der Waals surface area contributed by atoms with Crippen LogP contribution < -0.4 is 4.74 Å². The van der Waals surface area contributed by atoms with Crippen molar-refractivity contribution in [2.24, 2.45) is 0 Å². The molecule has 1 atom stereocenters. The Morgan fingerprint density at radius 2 is 1.90 bits per heavy atom. The first-order valence-electron chi connectivity index (χ1n) is 6.41. The third kappa shape index (κ3) is 2.80. The van der Waals surface area contributed by atoms with Gasteiger partial charge in [0.25, 0.3) is 0 Å². The third-order valence-electron chi connectivity index (χ3n) is 3.30. The van der Waals surface area contributed by atoms with Gasteiger partial charge in [-0.05, 0) is 49.7 Å². The van der Waals surface area contributed by atoms with E-state index < -0.39 is 0 Å². The smallest absolute Gasteiger partial charge is 0.145 e. The van der Waals surface area contributed by atoms with E-state index in [1.54, 1.807) is 33.3 Å². The van der Waals surface area contributed by atoms with Crippen LogP contribution in [0.4, 0.5) is 4.39 Å². The average Bonchev–Trinajstić information content (AvgIpc) is 2.48. The number of halogens is 1. The lowest BCUT2D eigenvalue weighted by Gasteiger charge is -2.14. The standard InChI is InChI=1S/C16H18FNO2/c1-10-9-12(5-6-13(10)17)16-15(20-4)8-7-14(18-16)11(2)19-3/h5-9,11H,1-4H3. The SMILES string of the molecule is COc1ccc(C(C)OC)nc1-c1ccc(F)c(C)c1. The van der Waals surface area contributed by atoms with Crippen molar-refractivity contribution < 1.29 is 13.9 Å². The molecule has 1 aromatic carbocycles. The number of pyridine rings is 1. The summed E-state index contributed by atoms with van der Waals surface area (Å²) in [4.78, 5) is 4.58. The third-order valence-corrected chi connectivity index (χ3v) is 3.30. The van der Waals surface area contributed by atoms with E-state index in [4.69, 9.17) is 9.47 Å². The highest BCUT2D eigenvalue weighted by atomic mass is 19.1. The summed E-state index contributed by atoms with van der Waals surface area (Å²) in [5, 5.41) is 0. The van der Waals surface area contributed by atoms with E-state index in [2.05, 4.69) is 4.98 Å². The second kappa shape index (κ2) is 6.01. The summed E-state index contributed by atoms with van der Waals surface area (Å²) in [5.74, 6) is 0.428. The maximum Gasteiger partial charge on any atom is 0.145 e. The lowest BCUT2D eigenvalue weighted by molar-refractivity contribution is 0.116. The minimum Gasteiger partial charge on any atom is -0.494 e. The number of benzene rings is 1. The lowest BCUT2D eigenvalue weighted by atomic mass is 10.1. The zero-order valence-electron chi connectivity index (χ0n) is 12.1. The number of rotatable bonds is 4. The summed E-state index contributed by atoms with van der Waals surface area (Å²) in [7, 11) is 3.23. The zero-order chi connectivity index (χ0) is 14.7. The van der Waals surface area contributed by atoms with Gasteiger partial charge in [-0.15, -0.1) is 0 Å². The molecule has 0 saturated heterocycles. The molecule has 1 aromatic heterocycles. The Morgan fingerprint density at radius 3 is 2.50 bits per heavy atom. The van der Waals surface area contributed by atoms with Crippen LogP contribution >= 0.6 is 0 Å². The van der Waals surface area contributed by atoms with Crippen LogP contribution in [0, 0.1) is 12.7 Å². The van der Waals surface area contributed by atoms with Gasteiger partial charge in [-0.1, -0.05) is 0 Å². The summed E-state index contributed by atoms with van der Waals surface area (Å²) in [6.45, 7) is 3.65. The van der Waals surface area contributed by atoms with E-state index in [0.717, 1.165) is 11.3 Å². The number of ether oxygens (including phenoxy) is 2. The van der Waals surface area contributed by atoms with E-state index in [0.29, 0.717) is 17.0 Å². The number of hydrogen-bond donors (Lipinski definition) is 0. The van der Waals surface area contributed by atoms with Gasteiger partial charge in [-0.2, -0.15) is 0 Å². The molecule has 1 unspecified atom stereocenters.